The second-order valence-corrected chi connectivity index (χ2v) is 3.07. The van der Waals surface area contributed by atoms with Crippen LogP contribution in [-0.2, 0) is 0 Å². The molecule has 2 nitrogen and oxygen atoms in total. The molecule has 0 bridgehead atoms. The van der Waals surface area contributed by atoms with Crippen LogP contribution in [0, 0.1) is 0 Å². The summed E-state index contributed by atoms with van der Waals surface area (Å²) in [6.07, 6.45) is 7.03. The van der Waals surface area contributed by atoms with E-state index in [9.17, 15) is 0 Å². The first-order chi connectivity index (χ1) is 4.93. The highest BCUT2D eigenvalue weighted by atomic mass is 15.1. The molecule has 0 amide bonds. The predicted octanol–water partition coefficient (Wildman–Crippen LogP) is 1.09. The van der Waals surface area contributed by atoms with E-state index in [1.54, 1.807) is 0 Å². The van der Waals surface area contributed by atoms with Gasteiger partial charge < -0.3 is 10.6 Å². The van der Waals surface area contributed by atoms with Gasteiger partial charge in [0.2, 0.25) is 0 Å². The summed E-state index contributed by atoms with van der Waals surface area (Å²) in [7, 11) is 1.98. The molecule has 0 atom stereocenters. The Kier molecular flexibility index (Phi) is 3.76. The average Bonchev–Trinajstić information content (AvgIpc) is 2.03. The van der Waals surface area contributed by atoms with Crippen molar-refractivity contribution in [2.75, 3.05) is 13.7 Å². The first-order valence-electron chi connectivity index (χ1n) is 4.31. The molecule has 0 saturated heterocycles. The molecule has 0 aromatic heterocycles. The second-order valence-electron chi connectivity index (χ2n) is 3.07. The fourth-order valence-corrected chi connectivity index (χ4v) is 1.55. The van der Waals surface area contributed by atoms with Gasteiger partial charge in [-0.2, -0.15) is 0 Å². The molecular weight excluding hydrogens is 124 g/mol. The highest BCUT2D eigenvalue weighted by Crippen LogP contribution is 2.16. The molecule has 1 aliphatic rings. The number of rotatable bonds is 3. The van der Waals surface area contributed by atoms with Crippen LogP contribution in [0.3, 0.4) is 0 Å². The smallest absolute Gasteiger partial charge is 0.0453 e. The molecule has 0 unspecified atom stereocenters. The molecule has 0 spiro atoms. The van der Waals surface area contributed by atoms with Crippen LogP contribution in [0.25, 0.3) is 0 Å². The number of hydrogen-bond acceptors (Lipinski definition) is 2. The summed E-state index contributed by atoms with van der Waals surface area (Å²) in [6, 6.07) is 0.793. The van der Waals surface area contributed by atoms with Crippen LogP contribution in [0.1, 0.15) is 32.1 Å². The zero-order valence-electron chi connectivity index (χ0n) is 6.82. The summed E-state index contributed by atoms with van der Waals surface area (Å²) >= 11 is 0. The molecule has 0 aliphatic heterocycles. The summed E-state index contributed by atoms with van der Waals surface area (Å²) in [5.41, 5.74) is 0. The van der Waals surface area contributed by atoms with Crippen molar-refractivity contribution in [3.8, 4) is 0 Å². The van der Waals surface area contributed by atoms with Crippen LogP contribution in [0.5, 0.6) is 0 Å². The van der Waals surface area contributed by atoms with E-state index in [0.717, 1.165) is 12.7 Å². The molecule has 10 heavy (non-hydrogen) atoms. The molecule has 0 heterocycles. The standard InChI is InChI=1S/C8H18N2/c1-9-7-10-8-5-3-2-4-6-8/h8-10H,2-7H2,1H3. The predicted molar refractivity (Wildman–Crippen MR) is 43.9 cm³/mol. The molecular formula is C8H18N2. The minimum atomic E-state index is 0.793. The summed E-state index contributed by atoms with van der Waals surface area (Å²) in [5.74, 6) is 0. The Labute approximate surface area is 63.4 Å². The topological polar surface area (TPSA) is 24.1 Å². The molecule has 1 aliphatic carbocycles. The van der Waals surface area contributed by atoms with E-state index < -0.39 is 0 Å². The summed E-state index contributed by atoms with van der Waals surface area (Å²) in [4.78, 5) is 0. The quantitative estimate of drug-likeness (QED) is 0.576. The van der Waals surface area contributed by atoms with Gasteiger partial charge in [-0.3, -0.25) is 0 Å². The zero-order valence-corrected chi connectivity index (χ0v) is 6.82. The molecule has 60 valence electrons. The molecule has 0 radical (unpaired) electrons. The van der Waals surface area contributed by atoms with Crippen LogP contribution in [0.15, 0.2) is 0 Å². The zero-order chi connectivity index (χ0) is 7.23. The maximum atomic E-state index is 3.46. The van der Waals surface area contributed by atoms with Gasteiger partial charge in [0.1, 0.15) is 0 Å². The first kappa shape index (κ1) is 8.02. The van der Waals surface area contributed by atoms with Crippen molar-refractivity contribution >= 4 is 0 Å². The van der Waals surface area contributed by atoms with Crippen molar-refractivity contribution in [1.82, 2.24) is 10.6 Å². The SMILES string of the molecule is CNCNC1CCCCC1. The minimum Gasteiger partial charge on any atom is -0.308 e. The third kappa shape index (κ3) is 2.67. The fourth-order valence-electron chi connectivity index (χ4n) is 1.55. The van der Waals surface area contributed by atoms with E-state index in [-0.39, 0.29) is 0 Å². The van der Waals surface area contributed by atoms with Gasteiger partial charge in [-0.15, -0.1) is 0 Å². The number of nitrogens with one attached hydrogen (secondary N) is 2. The van der Waals surface area contributed by atoms with Crippen LogP contribution < -0.4 is 10.6 Å². The van der Waals surface area contributed by atoms with E-state index in [4.69, 9.17) is 0 Å². The lowest BCUT2D eigenvalue weighted by atomic mass is 9.96. The lowest BCUT2D eigenvalue weighted by Gasteiger charge is -2.22. The summed E-state index contributed by atoms with van der Waals surface area (Å²) in [5, 5.41) is 6.56. The van der Waals surface area contributed by atoms with Crippen molar-refractivity contribution in [2.24, 2.45) is 0 Å². The molecule has 1 saturated carbocycles. The van der Waals surface area contributed by atoms with Crippen LogP contribution in [-0.4, -0.2) is 19.8 Å². The summed E-state index contributed by atoms with van der Waals surface area (Å²) in [6.45, 7) is 0.963. The first-order valence-corrected chi connectivity index (χ1v) is 4.31. The van der Waals surface area contributed by atoms with Crippen LogP contribution in [0.2, 0.25) is 0 Å². The van der Waals surface area contributed by atoms with Gasteiger partial charge in [0.05, 0.1) is 0 Å². The Balaban J connectivity index is 2.02. The van der Waals surface area contributed by atoms with Crippen molar-refractivity contribution in [3.05, 3.63) is 0 Å². The third-order valence-corrected chi connectivity index (χ3v) is 2.17. The van der Waals surface area contributed by atoms with Crippen molar-refractivity contribution in [2.45, 2.75) is 38.1 Å². The van der Waals surface area contributed by atoms with E-state index in [1.807, 2.05) is 7.05 Å². The number of hydrogen-bond donors (Lipinski definition) is 2. The Hall–Kier alpha value is -0.0800. The molecule has 1 rings (SSSR count). The molecule has 0 aromatic carbocycles. The van der Waals surface area contributed by atoms with E-state index >= 15 is 0 Å². The van der Waals surface area contributed by atoms with Crippen molar-refractivity contribution < 1.29 is 0 Å². The van der Waals surface area contributed by atoms with Gasteiger partial charge in [-0.05, 0) is 19.9 Å². The lowest BCUT2D eigenvalue weighted by molar-refractivity contribution is 0.368. The van der Waals surface area contributed by atoms with Gasteiger partial charge in [0.15, 0.2) is 0 Å². The van der Waals surface area contributed by atoms with Crippen LogP contribution in [0.4, 0.5) is 0 Å². The maximum Gasteiger partial charge on any atom is 0.0453 e. The highest BCUT2D eigenvalue weighted by Gasteiger charge is 2.10. The average molecular weight is 142 g/mol. The molecule has 0 aromatic rings. The largest absolute Gasteiger partial charge is 0.308 e. The minimum absolute atomic E-state index is 0.793. The van der Waals surface area contributed by atoms with Crippen molar-refractivity contribution in [3.63, 3.8) is 0 Å². The van der Waals surface area contributed by atoms with Crippen LogP contribution >= 0.6 is 0 Å². The molecule has 2 N–H and O–H groups in total. The second kappa shape index (κ2) is 4.69. The normalized spacial score (nSPS) is 21.3. The molecule has 1 fully saturated rings. The molecule has 2 heteroatoms. The Morgan fingerprint density at radius 2 is 1.90 bits per heavy atom. The van der Waals surface area contributed by atoms with Gasteiger partial charge in [-0.1, -0.05) is 19.3 Å². The van der Waals surface area contributed by atoms with E-state index in [0.29, 0.717) is 0 Å². The maximum absolute atomic E-state index is 3.46. The van der Waals surface area contributed by atoms with E-state index in [2.05, 4.69) is 10.6 Å². The van der Waals surface area contributed by atoms with Crippen molar-refractivity contribution in [1.29, 1.82) is 0 Å². The lowest BCUT2D eigenvalue weighted by Crippen LogP contribution is -2.36. The van der Waals surface area contributed by atoms with Gasteiger partial charge in [-0.25, -0.2) is 0 Å². The Morgan fingerprint density at radius 1 is 1.20 bits per heavy atom. The van der Waals surface area contributed by atoms with Gasteiger partial charge in [0.25, 0.3) is 0 Å². The Bertz CT molecular complexity index is 77.3. The van der Waals surface area contributed by atoms with Gasteiger partial charge in [0, 0.05) is 12.7 Å². The third-order valence-electron chi connectivity index (χ3n) is 2.17. The Morgan fingerprint density at radius 3 is 2.50 bits per heavy atom. The monoisotopic (exact) mass is 142 g/mol. The van der Waals surface area contributed by atoms with E-state index in [1.165, 1.54) is 32.1 Å². The fraction of sp³-hybridized carbons (Fsp3) is 1.00. The highest BCUT2D eigenvalue weighted by molar-refractivity contribution is 4.70. The summed E-state index contributed by atoms with van der Waals surface area (Å²) < 4.78 is 0. The van der Waals surface area contributed by atoms with Gasteiger partial charge >= 0.3 is 0 Å².